The van der Waals surface area contributed by atoms with Crippen LogP contribution in [0.2, 0.25) is 5.02 Å². The second kappa shape index (κ2) is 6.63. The van der Waals surface area contributed by atoms with Crippen molar-refractivity contribution < 1.29 is 14.3 Å². The largest absolute Gasteiger partial charge is 0.482 e. The number of carbonyl (C=O) groups is 2. The number of fused-ring (bicyclic) bond motifs is 2. The van der Waals surface area contributed by atoms with Crippen molar-refractivity contribution in [2.24, 2.45) is 0 Å². The molecule has 0 fully saturated rings. The van der Waals surface area contributed by atoms with Crippen LogP contribution >= 0.6 is 22.9 Å². The van der Waals surface area contributed by atoms with Crippen molar-refractivity contribution in [3.63, 3.8) is 0 Å². The van der Waals surface area contributed by atoms with Crippen molar-refractivity contribution in [2.45, 2.75) is 19.3 Å². The van der Waals surface area contributed by atoms with Gasteiger partial charge in [0.2, 0.25) is 5.91 Å². The summed E-state index contributed by atoms with van der Waals surface area (Å²) in [4.78, 5) is 27.3. The number of nitrogens with one attached hydrogen (secondary N) is 1. The molecule has 1 aromatic heterocycles. The summed E-state index contributed by atoms with van der Waals surface area (Å²) in [6.45, 7) is -0.290. The first-order chi connectivity index (χ1) is 12.6. The molecule has 0 radical (unpaired) electrons. The summed E-state index contributed by atoms with van der Waals surface area (Å²) in [6.07, 6.45) is 2.86. The lowest BCUT2D eigenvalue weighted by atomic mass is 10.1. The highest BCUT2D eigenvalue weighted by Gasteiger charge is 2.29. The van der Waals surface area contributed by atoms with Gasteiger partial charge in [-0.2, -0.15) is 5.26 Å². The molecule has 0 atom stereocenters. The maximum Gasteiger partial charge on any atom is 0.265 e. The average molecular weight is 388 g/mol. The fraction of sp³-hybridized carbons (Fsp3) is 0.278. The number of rotatable bonds is 3. The van der Waals surface area contributed by atoms with E-state index in [0.29, 0.717) is 27.0 Å². The number of nitriles is 1. The number of halogens is 1. The quantitative estimate of drug-likeness (QED) is 0.877. The number of aryl methyl sites for hydroxylation is 1. The van der Waals surface area contributed by atoms with Gasteiger partial charge in [-0.3, -0.25) is 14.5 Å². The Hall–Kier alpha value is -2.56. The van der Waals surface area contributed by atoms with Crippen LogP contribution in [0, 0.1) is 11.3 Å². The van der Waals surface area contributed by atoms with E-state index in [1.165, 1.54) is 16.2 Å². The second-order valence-corrected chi connectivity index (χ2v) is 7.64. The molecular weight excluding hydrogens is 374 g/mol. The van der Waals surface area contributed by atoms with Gasteiger partial charge in [-0.05, 0) is 43.0 Å². The first-order valence-corrected chi connectivity index (χ1v) is 9.33. The van der Waals surface area contributed by atoms with E-state index in [2.05, 4.69) is 11.4 Å². The number of benzene rings is 1. The predicted octanol–water partition coefficient (Wildman–Crippen LogP) is 3.13. The summed E-state index contributed by atoms with van der Waals surface area (Å²) in [7, 11) is 0. The molecule has 0 unspecified atom stereocenters. The number of nitrogens with zero attached hydrogens (tertiary/aromatic N) is 2. The number of anilines is 2. The molecule has 1 aliphatic carbocycles. The van der Waals surface area contributed by atoms with Gasteiger partial charge in [-0.25, -0.2) is 0 Å². The highest BCUT2D eigenvalue weighted by Crippen LogP contribution is 2.39. The van der Waals surface area contributed by atoms with E-state index in [-0.39, 0.29) is 25.0 Å². The van der Waals surface area contributed by atoms with Crippen molar-refractivity contribution in [1.82, 2.24) is 0 Å². The van der Waals surface area contributed by atoms with E-state index in [4.69, 9.17) is 16.3 Å². The van der Waals surface area contributed by atoms with Gasteiger partial charge in [0, 0.05) is 9.90 Å². The van der Waals surface area contributed by atoms with E-state index >= 15 is 0 Å². The van der Waals surface area contributed by atoms with Crippen LogP contribution in [0.3, 0.4) is 0 Å². The van der Waals surface area contributed by atoms with E-state index in [9.17, 15) is 14.9 Å². The first-order valence-electron chi connectivity index (χ1n) is 8.14. The zero-order valence-electron chi connectivity index (χ0n) is 13.7. The van der Waals surface area contributed by atoms with Crippen molar-refractivity contribution in [1.29, 1.82) is 5.26 Å². The number of hydrogen-bond acceptors (Lipinski definition) is 5. The Bertz CT molecular complexity index is 963. The van der Waals surface area contributed by atoms with Gasteiger partial charge >= 0.3 is 0 Å². The van der Waals surface area contributed by atoms with Gasteiger partial charge in [0.05, 0.1) is 11.3 Å². The van der Waals surface area contributed by atoms with Crippen LogP contribution in [0.25, 0.3) is 0 Å². The van der Waals surface area contributed by atoms with E-state index in [1.54, 1.807) is 18.2 Å². The van der Waals surface area contributed by atoms with Crippen LogP contribution in [0.5, 0.6) is 5.75 Å². The summed E-state index contributed by atoms with van der Waals surface area (Å²) in [5, 5.41) is 13.2. The number of carbonyl (C=O) groups excluding carboxylic acids is 2. The first kappa shape index (κ1) is 16.9. The minimum absolute atomic E-state index is 0.126. The summed E-state index contributed by atoms with van der Waals surface area (Å²) in [6, 6.07) is 7.13. The molecule has 2 heterocycles. The maximum absolute atomic E-state index is 12.5. The summed E-state index contributed by atoms with van der Waals surface area (Å²) in [5.74, 6) is -0.165. The number of hydrogen-bond donors (Lipinski definition) is 1. The average Bonchev–Trinajstić information content (AvgIpc) is 3.18. The third kappa shape index (κ3) is 2.91. The lowest BCUT2D eigenvalue weighted by Crippen LogP contribution is -2.43. The second-order valence-electron chi connectivity index (χ2n) is 6.10. The Morgan fingerprint density at radius 3 is 3.08 bits per heavy atom. The number of amides is 2. The maximum atomic E-state index is 12.5. The fourth-order valence-corrected chi connectivity index (χ4v) is 4.69. The Morgan fingerprint density at radius 1 is 1.42 bits per heavy atom. The van der Waals surface area contributed by atoms with Crippen LogP contribution in [-0.2, 0) is 22.4 Å². The molecule has 4 rings (SSSR count). The number of ether oxygens (including phenoxy) is 1. The van der Waals surface area contributed by atoms with Gasteiger partial charge in [0.1, 0.15) is 23.4 Å². The Morgan fingerprint density at radius 2 is 2.27 bits per heavy atom. The van der Waals surface area contributed by atoms with E-state index in [0.717, 1.165) is 29.7 Å². The van der Waals surface area contributed by atoms with Gasteiger partial charge in [-0.1, -0.05) is 11.6 Å². The van der Waals surface area contributed by atoms with Crippen molar-refractivity contribution in [3.05, 3.63) is 39.2 Å². The minimum atomic E-state index is -0.359. The third-order valence-electron chi connectivity index (χ3n) is 4.45. The third-order valence-corrected chi connectivity index (χ3v) is 5.89. The SMILES string of the molecule is N#Cc1c(NC(=O)CN2C(=O)COc3ccc(Cl)cc32)sc2c1CCC2. The van der Waals surface area contributed by atoms with Crippen LogP contribution in [0.4, 0.5) is 10.7 Å². The highest BCUT2D eigenvalue weighted by atomic mass is 35.5. The molecular formula is C18H14ClN3O3S. The summed E-state index contributed by atoms with van der Waals surface area (Å²) in [5.41, 5.74) is 2.07. The van der Waals surface area contributed by atoms with E-state index in [1.807, 2.05) is 0 Å². The molecule has 0 saturated carbocycles. The Labute approximate surface area is 158 Å². The Balaban J connectivity index is 1.55. The highest BCUT2D eigenvalue weighted by molar-refractivity contribution is 7.16. The molecule has 2 aliphatic rings. The topological polar surface area (TPSA) is 82.4 Å². The van der Waals surface area contributed by atoms with Gasteiger partial charge in [0.25, 0.3) is 5.91 Å². The van der Waals surface area contributed by atoms with Gasteiger partial charge < -0.3 is 10.1 Å². The molecule has 0 spiro atoms. The van der Waals surface area contributed by atoms with Crippen molar-refractivity contribution >= 4 is 45.4 Å². The molecule has 8 heteroatoms. The molecule has 132 valence electrons. The zero-order valence-corrected chi connectivity index (χ0v) is 15.2. The van der Waals surface area contributed by atoms with Crippen LogP contribution in [0.1, 0.15) is 22.4 Å². The molecule has 1 aliphatic heterocycles. The van der Waals surface area contributed by atoms with Crippen LogP contribution < -0.4 is 15.0 Å². The molecule has 26 heavy (non-hydrogen) atoms. The van der Waals surface area contributed by atoms with Gasteiger partial charge in [0.15, 0.2) is 6.61 Å². The summed E-state index contributed by atoms with van der Waals surface area (Å²) >= 11 is 7.46. The van der Waals surface area contributed by atoms with Gasteiger partial charge in [-0.15, -0.1) is 11.3 Å². The van der Waals surface area contributed by atoms with Crippen molar-refractivity contribution in [3.8, 4) is 11.8 Å². The standard InChI is InChI=1S/C18H14ClN3O3S/c19-10-4-5-14-13(6-10)22(17(24)9-25-14)8-16(23)21-18-12(7-20)11-2-1-3-15(11)26-18/h4-6H,1-3,8-9H2,(H,21,23). The molecule has 1 N–H and O–H groups in total. The van der Waals surface area contributed by atoms with Crippen LogP contribution in [-0.4, -0.2) is 25.0 Å². The fourth-order valence-electron chi connectivity index (χ4n) is 3.27. The molecule has 1 aromatic carbocycles. The molecule has 0 saturated heterocycles. The lowest BCUT2D eigenvalue weighted by Gasteiger charge is -2.28. The molecule has 2 amide bonds. The summed E-state index contributed by atoms with van der Waals surface area (Å²) < 4.78 is 5.38. The smallest absolute Gasteiger partial charge is 0.265 e. The normalized spacial score (nSPS) is 15.1. The molecule has 2 aromatic rings. The zero-order chi connectivity index (χ0) is 18.3. The lowest BCUT2D eigenvalue weighted by molar-refractivity contribution is -0.123. The van der Waals surface area contributed by atoms with E-state index < -0.39 is 0 Å². The molecule has 6 nitrogen and oxygen atoms in total. The Kier molecular flexibility index (Phi) is 4.31. The van der Waals surface area contributed by atoms with Crippen molar-refractivity contribution in [2.75, 3.05) is 23.4 Å². The minimum Gasteiger partial charge on any atom is -0.482 e. The molecule has 0 bridgehead atoms. The number of thiophene rings is 1. The predicted molar refractivity (Wildman–Crippen MR) is 99.0 cm³/mol. The van der Waals surface area contributed by atoms with Crippen LogP contribution in [0.15, 0.2) is 18.2 Å². The monoisotopic (exact) mass is 387 g/mol.